The highest BCUT2D eigenvalue weighted by Crippen LogP contribution is 2.46. The first-order valence-corrected chi connectivity index (χ1v) is 6.54. The molecule has 1 aliphatic heterocycles. The van der Waals surface area contributed by atoms with Gasteiger partial charge >= 0.3 is 0 Å². The molecule has 0 spiro atoms. The lowest BCUT2D eigenvalue weighted by molar-refractivity contribution is -0.00981. The molecule has 1 aromatic heterocycles. The van der Waals surface area contributed by atoms with Crippen molar-refractivity contribution in [3.8, 4) is 0 Å². The summed E-state index contributed by atoms with van der Waals surface area (Å²) in [5.41, 5.74) is -0.471. The van der Waals surface area contributed by atoms with Gasteiger partial charge in [-0.05, 0) is 40.8 Å². The van der Waals surface area contributed by atoms with Crippen molar-refractivity contribution in [1.82, 2.24) is 4.98 Å². The van der Waals surface area contributed by atoms with E-state index < -0.39 is 5.60 Å². The predicted octanol–water partition coefficient (Wildman–Crippen LogP) is 2.46. The van der Waals surface area contributed by atoms with Crippen molar-refractivity contribution in [2.45, 2.75) is 18.4 Å². The largest absolute Gasteiger partial charge is 0.386 e. The highest BCUT2D eigenvalue weighted by Gasteiger charge is 2.52. The van der Waals surface area contributed by atoms with Crippen molar-refractivity contribution in [1.29, 1.82) is 0 Å². The monoisotopic (exact) mass is 302 g/mol. The minimum Gasteiger partial charge on any atom is -0.386 e. The van der Waals surface area contributed by atoms with E-state index in [4.69, 9.17) is 11.6 Å². The molecule has 3 nitrogen and oxygen atoms in total. The molecule has 0 bridgehead atoms. The molecule has 0 amide bonds. The maximum Gasteiger partial charge on any atom is 0.143 e. The molecular formula is C11H12BrClN2O. The van der Waals surface area contributed by atoms with E-state index in [0.717, 1.165) is 10.3 Å². The Morgan fingerprint density at radius 2 is 2.19 bits per heavy atom. The average molecular weight is 304 g/mol. The van der Waals surface area contributed by atoms with Gasteiger partial charge in [0.1, 0.15) is 11.4 Å². The summed E-state index contributed by atoms with van der Waals surface area (Å²) in [6.45, 7) is 1.37. The third-order valence-electron chi connectivity index (χ3n) is 3.35. The van der Waals surface area contributed by atoms with E-state index in [-0.39, 0.29) is 0 Å². The van der Waals surface area contributed by atoms with Gasteiger partial charge in [0.05, 0.1) is 22.6 Å². The van der Waals surface area contributed by atoms with Crippen molar-refractivity contribution >= 4 is 33.3 Å². The van der Waals surface area contributed by atoms with E-state index in [1.807, 2.05) is 6.07 Å². The Morgan fingerprint density at radius 3 is 2.75 bits per heavy atom. The number of β-amino-alcohol motifs (C(OH)–C–C–N with tert-alkyl or cyclic N) is 1. The van der Waals surface area contributed by atoms with Gasteiger partial charge in [0, 0.05) is 6.20 Å². The van der Waals surface area contributed by atoms with Gasteiger partial charge in [-0.25, -0.2) is 4.98 Å². The standard InChI is InChI=1S/C11H12BrClN2O/c12-9-3-8(13)4-14-10(9)15-5-11(16,6-15)7-1-2-7/h3-4,7,16H,1-2,5-6H2. The van der Waals surface area contributed by atoms with Crippen LogP contribution in [0, 0.1) is 5.92 Å². The van der Waals surface area contributed by atoms with E-state index in [1.54, 1.807) is 6.20 Å². The summed E-state index contributed by atoms with van der Waals surface area (Å²) >= 11 is 9.28. The van der Waals surface area contributed by atoms with Crippen LogP contribution in [0.15, 0.2) is 16.7 Å². The number of aliphatic hydroxyl groups is 1. The molecule has 86 valence electrons. The summed E-state index contributed by atoms with van der Waals surface area (Å²) in [4.78, 5) is 6.36. The summed E-state index contributed by atoms with van der Waals surface area (Å²) < 4.78 is 0.887. The van der Waals surface area contributed by atoms with E-state index in [9.17, 15) is 5.11 Å². The third-order valence-corrected chi connectivity index (χ3v) is 4.14. The molecule has 3 rings (SSSR count). The van der Waals surface area contributed by atoms with Gasteiger partial charge in [-0.15, -0.1) is 0 Å². The zero-order chi connectivity index (χ0) is 11.3. The molecule has 0 unspecified atom stereocenters. The van der Waals surface area contributed by atoms with Crippen LogP contribution in [0.25, 0.3) is 0 Å². The lowest BCUT2D eigenvalue weighted by Crippen LogP contribution is -2.63. The lowest BCUT2D eigenvalue weighted by Gasteiger charge is -2.47. The van der Waals surface area contributed by atoms with E-state index >= 15 is 0 Å². The fourth-order valence-electron chi connectivity index (χ4n) is 2.28. The number of hydrogen-bond acceptors (Lipinski definition) is 3. The smallest absolute Gasteiger partial charge is 0.143 e. The molecule has 1 saturated heterocycles. The second-order valence-corrected chi connectivity index (χ2v) is 5.98. The maximum atomic E-state index is 10.2. The van der Waals surface area contributed by atoms with Crippen molar-refractivity contribution in [2.24, 2.45) is 5.92 Å². The zero-order valence-electron chi connectivity index (χ0n) is 8.66. The third kappa shape index (κ3) is 1.73. The number of halogens is 2. The quantitative estimate of drug-likeness (QED) is 0.912. The number of hydrogen-bond donors (Lipinski definition) is 1. The molecule has 1 aromatic rings. The van der Waals surface area contributed by atoms with Gasteiger partial charge in [0.25, 0.3) is 0 Å². The normalized spacial score (nSPS) is 23.1. The average Bonchev–Trinajstić information content (AvgIpc) is 2.97. The van der Waals surface area contributed by atoms with Crippen LogP contribution < -0.4 is 4.90 Å². The van der Waals surface area contributed by atoms with Crippen LogP contribution >= 0.6 is 27.5 Å². The number of aromatic nitrogens is 1. The first-order chi connectivity index (χ1) is 7.58. The lowest BCUT2D eigenvalue weighted by atomic mass is 9.89. The highest BCUT2D eigenvalue weighted by atomic mass is 79.9. The first kappa shape index (κ1) is 10.8. The molecule has 1 N–H and O–H groups in total. The Labute approximate surface area is 108 Å². The molecular weight excluding hydrogens is 291 g/mol. The van der Waals surface area contributed by atoms with Gasteiger partial charge in [-0.3, -0.25) is 0 Å². The van der Waals surface area contributed by atoms with Gasteiger partial charge in [0.15, 0.2) is 0 Å². The van der Waals surface area contributed by atoms with Crippen molar-refractivity contribution in [2.75, 3.05) is 18.0 Å². The molecule has 16 heavy (non-hydrogen) atoms. The summed E-state index contributed by atoms with van der Waals surface area (Å²) in [5.74, 6) is 1.38. The number of rotatable bonds is 2. The van der Waals surface area contributed by atoms with Crippen LogP contribution in [0.3, 0.4) is 0 Å². The minimum absolute atomic E-state index is 0.471. The van der Waals surface area contributed by atoms with Gasteiger partial charge in [-0.2, -0.15) is 0 Å². The van der Waals surface area contributed by atoms with Crippen LogP contribution in [-0.4, -0.2) is 28.8 Å². The summed E-state index contributed by atoms with van der Waals surface area (Å²) in [7, 11) is 0. The Balaban J connectivity index is 1.75. The Hall–Kier alpha value is -0.320. The number of anilines is 1. The van der Waals surface area contributed by atoms with Gasteiger partial charge in [-0.1, -0.05) is 11.6 Å². The topological polar surface area (TPSA) is 36.4 Å². The summed E-state index contributed by atoms with van der Waals surface area (Å²) in [5, 5.41) is 10.8. The molecule has 0 aromatic carbocycles. The van der Waals surface area contributed by atoms with Crippen LogP contribution in [0.4, 0.5) is 5.82 Å². The SMILES string of the molecule is OC1(C2CC2)CN(c2ncc(Cl)cc2Br)C1. The molecule has 0 atom stereocenters. The Bertz CT molecular complexity index is 430. The van der Waals surface area contributed by atoms with E-state index in [0.29, 0.717) is 24.0 Å². The number of pyridine rings is 1. The second-order valence-electron chi connectivity index (χ2n) is 4.69. The molecule has 5 heteroatoms. The molecule has 1 aliphatic carbocycles. The van der Waals surface area contributed by atoms with Crippen molar-refractivity contribution in [3.05, 3.63) is 21.8 Å². The molecule has 0 radical (unpaired) electrons. The van der Waals surface area contributed by atoms with Crippen LogP contribution in [0.1, 0.15) is 12.8 Å². The molecule has 1 saturated carbocycles. The fraction of sp³-hybridized carbons (Fsp3) is 0.545. The fourth-order valence-corrected chi connectivity index (χ4v) is 3.17. The van der Waals surface area contributed by atoms with Crippen molar-refractivity contribution in [3.63, 3.8) is 0 Å². The van der Waals surface area contributed by atoms with Crippen LogP contribution in [0.5, 0.6) is 0 Å². The molecule has 2 heterocycles. The first-order valence-electron chi connectivity index (χ1n) is 5.37. The van der Waals surface area contributed by atoms with Gasteiger partial charge in [0.2, 0.25) is 0 Å². The second kappa shape index (κ2) is 3.59. The zero-order valence-corrected chi connectivity index (χ0v) is 11.0. The minimum atomic E-state index is -0.471. The maximum absolute atomic E-state index is 10.2. The highest BCUT2D eigenvalue weighted by molar-refractivity contribution is 9.10. The van der Waals surface area contributed by atoms with Crippen LogP contribution in [0.2, 0.25) is 5.02 Å². The number of nitrogens with zero attached hydrogens (tertiary/aromatic N) is 2. The van der Waals surface area contributed by atoms with Crippen molar-refractivity contribution < 1.29 is 5.11 Å². The molecule has 2 aliphatic rings. The molecule has 2 fully saturated rings. The summed E-state index contributed by atoms with van der Waals surface area (Å²) in [6, 6.07) is 1.83. The predicted molar refractivity (Wildman–Crippen MR) is 66.8 cm³/mol. The Morgan fingerprint density at radius 1 is 1.50 bits per heavy atom. The summed E-state index contributed by atoms with van der Waals surface area (Å²) in [6.07, 6.45) is 3.97. The van der Waals surface area contributed by atoms with Gasteiger partial charge < -0.3 is 10.0 Å². The van der Waals surface area contributed by atoms with Crippen LogP contribution in [-0.2, 0) is 0 Å². The van der Waals surface area contributed by atoms with E-state index in [2.05, 4.69) is 25.8 Å². The Kier molecular flexibility index (Phi) is 2.42. The van der Waals surface area contributed by atoms with E-state index in [1.165, 1.54) is 12.8 Å².